The van der Waals surface area contributed by atoms with E-state index in [-0.39, 0.29) is 0 Å². The molecule has 15 heavy (non-hydrogen) atoms. The Morgan fingerprint density at radius 3 is 2.87 bits per heavy atom. The summed E-state index contributed by atoms with van der Waals surface area (Å²) in [6.07, 6.45) is 2.95. The van der Waals surface area contributed by atoms with Gasteiger partial charge in [0.1, 0.15) is 0 Å². The third-order valence-corrected chi connectivity index (χ3v) is 2.65. The van der Waals surface area contributed by atoms with E-state index in [2.05, 4.69) is 48.4 Å². The Kier molecular flexibility index (Phi) is 2.86. The summed E-state index contributed by atoms with van der Waals surface area (Å²) in [6.45, 7) is 4.36. The number of anilines is 1. The van der Waals surface area contributed by atoms with E-state index >= 15 is 0 Å². The summed E-state index contributed by atoms with van der Waals surface area (Å²) in [4.78, 5) is 4.41. The molecular weight excluding hydrogens is 184 g/mol. The van der Waals surface area contributed by atoms with Crippen LogP contribution >= 0.6 is 0 Å². The van der Waals surface area contributed by atoms with E-state index < -0.39 is 0 Å². The second-order valence-corrected chi connectivity index (χ2v) is 3.83. The first-order chi connectivity index (χ1) is 7.31. The van der Waals surface area contributed by atoms with Crippen LogP contribution in [-0.2, 0) is 0 Å². The zero-order chi connectivity index (χ0) is 10.7. The SMILES string of the molecule is CCC(C)Nc1cccc2cccnc12. The molecule has 1 heterocycles. The molecule has 1 N–H and O–H groups in total. The van der Waals surface area contributed by atoms with E-state index in [0.29, 0.717) is 6.04 Å². The van der Waals surface area contributed by atoms with Crippen molar-refractivity contribution in [3.05, 3.63) is 36.5 Å². The van der Waals surface area contributed by atoms with Gasteiger partial charge in [0.05, 0.1) is 11.2 Å². The van der Waals surface area contributed by atoms with Crippen LogP contribution in [0.5, 0.6) is 0 Å². The van der Waals surface area contributed by atoms with Crippen LogP contribution < -0.4 is 5.32 Å². The maximum Gasteiger partial charge on any atom is 0.0933 e. The number of benzene rings is 1. The molecule has 0 fully saturated rings. The van der Waals surface area contributed by atoms with Crippen LogP contribution in [0.3, 0.4) is 0 Å². The minimum Gasteiger partial charge on any atom is -0.381 e. The lowest BCUT2D eigenvalue weighted by molar-refractivity contribution is 0.765. The van der Waals surface area contributed by atoms with E-state index in [1.165, 1.54) is 5.39 Å². The largest absolute Gasteiger partial charge is 0.381 e. The van der Waals surface area contributed by atoms with Gasteiger partial charge in [0.25, 0.3) is 0 Å². The zero-order valence-electron chi connectivity index (χ0n) is 9.20. The minimum atomic E-state index is 0.484. The second kappa shape index (κ2) is 4.30. The molecule has 1 aromatic carbocycles. The molecule has 0 aliphatic rings. The maximum atomic E-state index is 4.41. The summed E-state index contributed by atoms with van der Waals surface area (Å²) < 4.78 is 0. The molecule has 2 rings (SSSR count). The van der Waals surface area contributed by atoms with Crippen LogP contribution in [0.4, 0.5) is 5.69 Å². The number of nitrogens with one attached hydrogen (secondary N) is 1. The Hall–Kier alpha value is -1.57. The Morgan fingerprint density at radius 1 is 1.27 bits per heavy atom. The first kappa shape index (κ1) is 9.97. The molecule has 1 aromatic heterocycles. The van der Waals surface area contributed by atoms with Crippen LogP contribution in [0, 0.1) is 0 Å². The number of hydrogen-bond donors (Lipinski definition) is 1. The van der Waals surface area contributed by atoms with Gasteiger partial charge in [-0.25, -0.2) is 0 Å². The predicted octanol–water partition coefficient (Wildman–Crippen LogP) is 3.45. The normalized spacial score (nSPS) is 12.7. The van der Waals surface area contributed by atoms with Gasteiger partial charge in [-0.05, 0) is 25.5 Å². The number of rotatable bonds is 3. The van der Waals surface area contributed by atoms with Crippen molar-refractivity contribution in [2.75, 3.05) is 5.32 Å². The maximum absolute atomic E-state index is 4.41. The molecule has 2 heteroatoms. The average molecular weight is 200 g/mol. The zero-order valence-corrected chi connectivity index (χ0v) is 9.20. The van der Waals surface area contributed by atoms with E-state index in [1.807, 2.05) is 12.3 Å². The Bertz CT molecular complexity index is 446. The van der Waals surface area contributed by atoms with Gasteiger partial charge in [-0.1, -0.05) is 25.1 Å². The standard InChI is InChI=1S/C13H16N2/c1-3-10(2)15-12-8-4-6-11-7-5-9-14-13(11)12/h4-10,15H,3H2,1-2H3. The van der Waals surface area contributed by atoms with Gasteiger partial charge >= 0.3 is 0 Å². The molecule has 0 bridgehead atoms. The Balaban J connectivity index is 2.42. The van der Waals surface area contributed by atoms with Crippen LogP contribution in [0.1, 0.15) is 20.3 Å². The highest BCUT2D eigenvalue weighted by molar-refractivity contribution is 5.90. The number of nitrogens with zero attached hydrogens (tertiary/aromatic N) is 1. The fraction of sp³-hybridized carbons (Fsp3) is 0.308. The first-order valence-corrected chi connectivity index (χ1v) is 5.41. The van der Waals surface area contributed by atoms with Crippen molar-refractivity contribution in [1.29, 1.82) is 0 Å². The number of fused-ring (bicyclic) bond motifs is 1. The molecule has 0 saturated carbocycles. The van der Waals surface area contributed by atoms with Crippen molar-refractivity contribution < 1.29 is 0 Å². The molecule has 0 aliphatic heterocycles. The summed E-state index contributed by atoms with van der Waals surface area (Å²) in [6, 6.07) is 10.8. The molecule has 1 unspecified atom stereocenters. The lowest BCUT2D eigenvalue weighted by Crippen LogP contribution is -2.13. The molecule has 0 radical (unpaired) electrons. The van der Waals surface area contributed by atoms with Crippen molar-refractivity contribution in [3.63, 3.8) is 0 Å². The Morgan fingerprint density at radius 2 is 2.07 bits per heavy atom. The van der Waals surface area contributed by atoms with Crippen molar-refractivity contribution in [2.45, 2.75) is 26.3 Å². The summed E-state index contributed by atoms with van der Waals surface area (Å²) in [5.41, 5.74) is 2.18. The number of para-hydroxylation sites is 1. The molecule has 0 saturated heterocycles. The first-order valence-electron chi connectivity index (χ1n) is 5.41. The quantitative estimate of drug-likeness (QED) is 0.820. The molecular formula is C13H16N2. The average Bonchev–Trinajstić information content (AvgIpc) is 2.29. The molecule has 2 nitrogen and oxygen atoms in total. The van der Waals surface area contributed by atoms with Crippen molar-refractivity contribution >= 4 is 16.6 Å². The lowest BCUT2D eigenvalue weighted by Gasteiger charge is -2.14. The van der Waals surface area contributed by atoms with Crippen LogP contribution in [0.15, 0.2) is 36.5 Å². The highest BCUT2D eigenvalue weighted by atomic mass is 14.9. The van der Waals surface area contributed by atoms with Gasteiger partial charge in [-0.3, -0.25) is 4.98 Å². The van der Waals surface area contributed by atoms with Crippen LogP contribution in [0.25, 0.3) is 10.9 Å². The number of hydrogen-bond acceptors (Lipinski definition) is 2. The highest BCUT2D eigenvalue weighted by Crippen LogP contribution is 2.21. The molecule has 0 aliphatic carbocycles. The monoisotopic (exact) mass is 200 g/mol. The minimum absolute atomic E-state index is 0.484. The summed E-state index contributed by atoms with van der Waals surface area (Å²) in [5, 5.41) is 4.66. The van der Waals surface area contributed by atoms with Gasteiger partial charge in [0.2, 0.25) is 0 Å². The van der Waals surface area contributed by atoms with Gasteiger partial charge in [-0.15, -0.1) is 0 Å². The van der Waals surface area contributed by atoms with Gasteiger partial charge in [0, 0.05) is 17.6 Å². The smallest absolute Gasteiger partial charge is 0.0933 e. The van der Waals surface area contributed by atoms with E-state index in [1.54, 1.807) is 0 Å². The van der Waals surface area contributed by atoms with Crippen LogP contribution in [-0.4, -0.2) is 11.0 Å². The van der Waals surface area contributed by atoms with Gasteiger partial charge in [0.15, 0.2) is 0 Å². The fourth-order valence-corrected chi connectivity index (χ4v) is 1.59. The fourth-order valence-electron chi connectivity index (χ4n) is 1.59. The molecule has 1 atom stereocenters. The summed E-state index contributed by atoms with van der Waals surface area (Å²) >= 11 is 0. The topological polar surface area (TPSA) is 24.9 Å². The highest BCUT2D eigenvalue weighted by Gasteiger charge is 2.03. The van der Waals surface area contributed by atoms with Crippen LogP contribution in [0.2, 0.25) is 0 Å². The third kappa shape index (κ3) is 2.09. The number of aromatic nitrogens is 1. The van der Waals surface area contributed by atoms with E-state index in [4.69, 9.17) is 0 Å². The molecule has 0 amide bonds. The van der Waals surface area contributed by atoms with Crippen molar-refractivity contribution in [1.82, 2.24) is 4.98 Å². The molecule has 0 spiro atoms. The predicted molar refractivity (Wildman–Crippen MR) is 65.1 cm³/mol. The van der Waals surface area contributed by atoms with Gasteiger partial charge in [-0.2, -0.15) is 0 Å². The molecule has 78 valence electrons. The summed E-state index contributed by atoms with van der Waals surface area (Å²) in [5.74, 6) is 0. The number of pyridine rings is 1. The van der Waals surface area contributed by atoms with E-state index in [9.17, 15) is 0 Å². The molecule has 2 aromatic rings. The summed E-state index contributed by atoms with van der Waals surface area (Å²) in [7, 11) is 0. The van der Waals surface area contributed by atoms with Crippen molar-refractivity contribution in [2.24, 2.45) is 0 Å². The van der Waals surface area contributed by atoms with Gasteiger partial charge < -0.3 is 5.32 Å². The van der Waals surface area contributed by atoms with E-state index in [0.717, 1.165) is 17.6 Å². The third-order valence-electron chi connectivity index (χ3n) is 2.65. The lowest BCUT2D eigenvalue weighted by atomic mass is 10.1. The van der Waals surface area contributed by atoms with Crippen molar-refractivity contribution in [3.8, 4) is 0 Å². The second-order valence-electron chi connectivity index (χ2n) is 3.83. The Labute approximate surface area is 90.3 Å².